The predicted molar refractivity (Wildman–Crippen MR) is 121 cm³/mol. The molecule has 3 heterocycles. The molecule has 2 amide bonds. The number of amides is 2. The minimum atomic E-state index is -0.137. The van der Waals surface area contributed by atoms with Crippen LogP contribution in [0.3, 0.4) is 0 Å². The Morgan fingerprint density at radius 3 is 2.69 bits per heavy atom. The molecule has 166 valence electrons. The van der Waals surface area contributed by atoms with Crippen LogP contribution in [-0.4, -0.2) is 44.4 Å². The fraction of sp³-hybridized carbons (Fsp3) is 0.440. The summed E-state index contributed by atoms with van der Waals surface area (Å²) in [6, 6.07) is 13.6. The second-order valence-electron chi connectivity index (χ2n) is 9.20. The van der Waals surface area contributed by atoms with E-state index in [1.807, 2.05) is 58.0 Å². The Kier molecular flexibility index (Phi) is 5.64. The van der Waals surface area contributed by atoms with Gasteiger partial charge in [-0.05, 0) is 42.0 Å². The summed E-state index contributed by atoms with van der Waals surface area (Å²) in [7, 11) is 0. The molecule has 7 nitrogen and oxygen atoms in total. The minimum Gasteiger partial charge on any atom is -0.356 e. The summed E-state index contributed by atoms with van der Waals surface area (Å²) in [5.74, 6) is 1.00. The van der Waals surface area contributed by atoms with Gasteiger partial charge in [-0.2, -0.15) is 0 Å². The molecule has 3 aromatic rings. The number of rotatable bonds is 7. The third-order valence-corrected chi connectivity index (χ3v) is 6.93. The largest absolute Gasteiger partial charge is 0.356 e. The third-order valence-electron chi connectivity index (χ3n) is 6.93. The summed E-state index contributed by atoms with van der Waals surface area (Å²) in [6.45, 7) is 1.83. The van der Waals surface area contributed by atoms with E-state index in [1.165, 1.54) is 6.42 Å². The van der Waals surface area contributed by atoms with E-state index in [9.17, 15) is 9.59 Å². The highest BCUT2D eigenvalue weighted by Gasteiger charge is 2.39. The van der Waals surface area contributed by atoms with Crippen molar-refractivity contribution >= 4 is 17.5 Å². The topological polar surface area (TPSA) is 79.6 Å². The van der Waals surface area contributed by atoms with Crippen molar-refractivity contribution in [2.75, 3.05) is 13.1 Å². The molecule has 1 fully saturated rings. The lowest BCUT2D eigenvalue weighted by molar-refractivity contribution is -0.124. The second-order valence-corrected chi connectivity index (χ2v) is 9.20. The lowest BCUT2D eigenvalue weighted by Gasteiger charge is -2.39. The first-order valence-corrected chi connectivity index (χ1v) is 11.6. The summed E-state index contributed by atoms with van der Waals surface area (Å²) >= 11 is 0. The van der Waals surface area contributed by atoms with Crippen molar-refractivity contribution in [3.8, 4) is 0 Å². The lowest BCUT2D eigenvalue weighted by atomic mass is 9.71. The molecule has 1 N–H and O–H groups in total. The van der Waals surface area contributed by atoms with Gasteiger partial charge in [0, 0.05) is 44.2 Å². The SMILES string of the molecule is O=C(CC1(CN2Cc3ccccc3C2=O)CCCCC1)NCCc1nnc2ccccn12. The number of carbonyl (C=O) groups is 2. The monoisotopic (exact) mass is 431 g/mol. The van der Waals surface area contributed by atoms with E-state index in [2.05, 4.69) is 15.5 Å². The van der Waals surface area contributed by atoms with Crippen molar-refractivity contribution < 1.29 is 9.59 Å². The first kappa shape index (κ1) is 20.7. The van der Waals surface area contributed by atoms with Crippen molar-refractivity contribution in [2.24, 2.45) is 5.41 Å². The van der Waals surface area contributed by atoms with E-state index < -0.39 is 0 Å². The quantitative estimate of drug-likeness (QED) is 0.622. The van der Waals surface area contributed by atoms with Crippen LogP contribution >= 0.6 is 0 Å². The highest BCUT2D eigenvalue weighted by atomic mass is 16.2. The van der Waals surface area contributed by atoms with Gasteiger partial charge < -0.3 is 10.2 Å². The molecule has 1 aliphatic heterocycles. The van der Waals surface area contributed by atoms with Gasteiger partial charge in [0.25, 0.3) is 5.91 Å². The number of hydrogen-bond acceptors (Lipinski definition) is 4. The van der Waals surface area contributed by atoms with Gasteiger partial charge >= 0.3 is 0 Å². The van der Waals surface area contributed by atoms with Gasteiger partial charge in [0.2, 0.25) is 5.91 Å². The zero-order valence-corrected chi connectivity index (χ0v) is 18.3. The number of fused-ring (bicyclic) bond motifs is 2. The Bertz CT molecular complexity index is 1130. The third kappa shape index (κ3) is 4.11. The summed E-state index contributed by atoms with van der Waals surface area (Å²) in [6.07, 6.45) is 8.47. The minimum absolute atomic E-state index is 0.0601. The van der Waals surface area contributed by atoms with Gasteiger partial charge in [-0.15, -0.1) is 10.2 Å². The Hall–Kier alpha value is -3.22. The van der Waals surface area contributed by atoms with E-state index >= 15 is 0 Å². The second kappa shape index (κ2) is 8.73. The van der Waals surface area contributed by atoms with Crippen LogP contribution < -0.4 is 5.32 Å². The van der Waals surface area contributed by atoms with Crippen LogP contribution in [-0.2, 0) is 17.8 Å². The lowest BCUT2D eigenvalue weighted by Crippen LogP contribution is -2.43. The zero-order valence-electron chi connectivity index (χ0n) is 18.3. The predicted octanol–water partition coefficient (Wildman–Crippen LogP) is 3.38. The molecule has 0 atom stereocenters. The maximum Gasteiger partial charge on any atom is 0.254 e. The zero-order chi connectivity index (χ0) is 22.0. The number of nitrogens with zero attached hydrogens (tertiary/aromatic N) is 4. The van der Waals surface area contributed by atoms with Crippen LogP contribution in [0.2, 0.25) is 0 Å². The van der Waals surface area contributed by atoms with Crippen LogP contribution in [0.15, 0.2) is 48.7 Å². The Morgan fingerprint density at radius 2 is 1.84 bits per heavy atom. The standard InChI is InChI=1S/C25H29N5O2/c31-23(26-14-11-22-28-27-21-10-4-7-15-30(21)22)16-25(12-5-1-6-13-25)18-29-17-19-8-2-3-9-20(19)24(29)32/h2-4,7-10,15H,1,5-6,11-14,16-18H2,(H,26,31). The van der Waals surface area contributed by atoms with E-state index in [0.717, 1.165) is 48.3 Å². The Balaban J connectivity index is 1.21. The molecule has 7 heteroatoms. The number of nitrogens with one attached hydrogen (secondary N) is 1. The summed E-state index contributed by atoms with van der Waals surface area (Å²) in [4.78, 5) is 27.8. The van der Waals surface area contributed by atoms with Crippen molar-refractivity contribution in [1.82, 2.24) is 24.8 Å². The normalized spacial score (nSPS) is 17.5. The van der Waals surface area contributed by atoms with Crippen LogP contribution in [0, 0.1) is 5.41 Å². The average Bonchev–Trinajstić information content (AvgIpc) is 3.35. The maximum absolute atomic E-state index is 12.9. The molecular weight excluding hydrogens is 402 g/mol. The van der Waals surface area contributed by atoms with Crippen LogP contribution in [0.25, 0.3) is 5.65 Å². The molecule has 5 rings (SSSR count). The van der Waals surface area contributed by atoms with E-state index in [0.29, 0.717) is 32.5 Å². The molecule has 1 aromatic carbocycles. The molecule has 2 aliphatic rings. The van der Waals surface area contributed by atoms with Crippen molar-refractivity contribution in [2.45, 2.75) is 51.5 Å². The molecule has 0 spiro atoms. The Labute approximate surface area is 187 Å². The fourth-order valence-electron chi connectivity index (χ4n) is 5.32. The fourth-order valence-corrected chi connectivity index (χ4v) is 5.32. The average molecular weight is 432 g/mol. The summed E-state index contributed by atoms with van der Waals surface area (Å²) < 4.78 is 1.95. The molecule has 0 bridgehead atoms. The molecule has 0 saturated heterocycles. The van der Waals surface area contributed by atoms with Crippen LogP contribution in [0.4, 0.5) is 0 Å². The van der Waals surface area contributed by atoms with E-state index in [1.54, 1.807) is 0 Å². The van der Waals surface area contributed by atoms with Crippen molar-refractivity contribution in [3.63, 3.8) is 0 Å². The summed E-state index contributed by atoms with van der Waals surface area (Å²) in [5, 5.41) is 11.5. The molecular formula is C25H29N5O2. The van der Waals surface area contributed by atoms with Gasteiger partial charge in [0.1, 0.15) is 5.82 Å². The smallest absolute Gasteiger partial charge is 0.254 e. The molecule has 1 aliphatic carbocycles. The number of aromatic nitrogens is 3. The van der Waals surface area contributed by atoms with Crippen molar-refractivity contribution in [3.05, 3.63) is 65.6 Å². The molecule has 1 saturated carbocycles. The van der Waals surface area contributed by atoms with Crippen LogP contribution in [0.1, 0.15) is 60.3 Å². The van der Waals surface area contributed by atoms with Gasteiger partial charge in [0.15, 0.2) is 5.65 Å². The maximum atomic E-state index is 12.9. The van der Waals surface area contributed by atoms with Gasteiger partial charge in [-0.1, -0.05) is 43.5 Å². The molecule has 2 aromatic heterocycles. The van der Waals surface area contributed by atoms with Gasteiger partial charge in [0.05, 0.1) is 0 Å². The number of pyridine rings is 1. The molecule has 0 radical (unpaired) electrons. The van der Waals surface area contributed by atoms with E-state index in [4.69, 9.17) is 0 Å². The van der Waals surface area contributed by atoms with Gasteiger partial charge in [-0.25, -0.2) is 0 Å². The first-order valence-electron chi connectivity index (χ1n) is 11.6. The number of benzene rings is 1. The highest BCUT2D eigenvalue weighted by Crippen LogP contribution is 2.41. The van der Waals surface area contributed by atoms with E-state index in [-0.39, 0.29) is 17.2 Å². The molecule has 32 heavy (non-hydrogen) atoms. The first-order chi connectivity index (χ1) is 15.6. The Morgan fingerprint density at radius 1 is 1.03 bits per heavy atom. The number of carbonyl (C=O) groups excluding carboxylic acids is 2. The number of hydrogen-bond donors (Lipinski definition) is 1. The highest BCUT2D eigenvalue weighted by molar-refractivity contribution is 5.98. The molecule has 0 unspecified atom stereocenters. The van der Waals surface area contributed by atoms with Crippen LogP contribution in [0.5, 0.6) is 0 Å². The van der Waals surface area contributed by atoms with Crippen molar-refractivity contribution in [1.29, 1.82) is 0 Å². The summed E-state index contributed by atoms with van der Waals surface area (Å²) in [5.41, 5.74) is 2.57. The van der Waals surface area contributed by atoms with Gasteiger partial charge in [-0.3, -0.25) is 14.0 Å².